The molecule has 0 atom stereocenters. The van der Waals surface area contributed by atoms with Crippen molar-refractivity contribution in [3.8, 4) is 0 Å². The molecule has 0 rings (SSSR count). The van der Waals surface area contributed by atoms with Gasteiger partial charge in [-0.2, -0.15) is 25.2 Å². The van der Waals surface area contributed by atoms with E-state index in [-0.39, 0.29) is 0 Å². The van der Waals surface area contributed by atoms with Crippen LogP contribution in [0.4, 0.5) is 25.2 Å². The van der Waals surface area contributed by atoms with E-state index in [9.17, 15) is 25.2 Å². The summed E-state index contributed by atoms with van der Waals surface area (Å²) in [5.74, 6) is 0. The molecule has 0 saturated carbocycles. The second-order valence-electron chi connectivity index (χ2n) is 3.67. The molecule has 0 spiro atoms. The Balaban J connectivity index is 5.03. The van der Waals surface area contributed by atoms with Crippen LogP contribution >= 0.6 is 26.3 Å². The fourth-order valence-corrected chi connectivity index (χ4v) is 2.24. The molecule has 0 saturated heterocycles. The van der Waals surface area contributed by atoms with E-state index in [0.717, 1.165) is 0 Å². The highest BCUT2D eigenvalue weighted by Crippen LogP contribution is 2.47. The molecule has 0 aromatic rings. The van der Waals surface area contributed by atoms with Crippen molar-refractivity contribution in [2.75, 3.05) is 19.8 Å². The zero-order chi connectivity index (χ0) is 16.3. The fraction of sp³-hybridized carbons (Fsp3) is 0.556. The van der Waals surface area contributed by atoms with Crippen molar-refractivity contribution in [2.24, 2.45) is 5.41 Å². The minimum absolute atomic E-state index is 0.772. The Morgan fingerprint density at radius 3 is 1.43 bits per heavy atom. The van der Waals surface area contributed by atoms with Gasteiger partial charge in [-0.1, -0.05) is 24.3 Å². The summed E-state index contributed by atoms with van der Waals surface area (Å²) in [5, 5.41) is 0. The van der Waals surface area contributed by atoms with E-state index in [4.69, 9.17) is 0 Å². The minimum Gasteiger partial charge on any atom is -0.305 e. The van der Waals surface area contributed by atoms with Gasteiger partial charge in [0.1, 0.15) is 0 Å². The molecule has 0 bridgehead atoms. The van der Waals surface area contributed by atoms with Crippen molar-refractivity contribution in [3.63, 3.8) is 0 Å². The van der Waals surface area contributed by atoms with Gasteiger partial charge < -0.3 is 13.6 Å². The van der Waals surface area contributed by atoms with Gasteiger partial charge in [0.25, 0.3) is 0 Å². The lowest BCUT2D eigenvalue weighted by Gasteiger charge is -2.28. The van der Waals surface area contributed by atoms with E-state index in [1.54, 1.807) is 13.0 Å². The van der Waals surface area contributed by atoms with Gasteiger partial charge in [0.05, 0.1) is 25.2 Å². The van der Waals surface area contributed by atoms with Crippen molar-refractivity contribution in [1.82, 2.24) is 0 Å². The van der Waals surface area contributed by atoms with Crippen LogP contribution in [0.2, 0.25) is 0 Å². The lowest BCUT2D eigenvalue weighted by molar-refractivity contribution is 0.0697. The van der Waals surface area contributed by atoms with Crippen LogP contribution in [-0.4, -0.2) is 19.8 Å². The molecule has 12 heteroatoms. The Labute approximate surface area is 122 Å². The molecule has 21 heavy (non-hydrogen) atoms. The quantitative estimate of drug-likeness (QED) is 0.230. The molecular weight excluding hydrogens is 363 g/mol. The van der Waals surface area contributed by atoms with E-state index < -0.39 is 51.5 Å². The third kappa shape index (κ3) is 11.5. The van der Waals surface area contributed by atoms with Gasteiger partial charge in [-0.15, -0.1) is 0 Å². The maximum Gasteiger partial charge on any atom is 0.415 e. The third-order valence-electron chi connectivity index (χ3n) is 2.10. The predicted octanol–water partition coefficient (Wildman–Crippen LogP) is 6.65. The summed E-state index contributed by atoms with van der Waals surface area (Å²) < 4.78 is 85.5. The lowest BCUT2D eigenvalue weighted by atomic mass is 9.91. The molecule has 0 aromatic heterocycles. The monoisotopic (exact) mass is 376 g/mol. The summed E-state index contributed by atoms with van der Waals surface area (Å²) in [7, 11) is -11.3. The Kier molecular flexibility index (Phi) is 11.9. The summed E-state index contributed by atoms with van der Waals surface area (Å²) in [6.45, 7) is -0.660. The van der Waals surface area contributed by atoms with Crippen LogP contribution in [0.1, 0.15) is 6.92 Å². The third-order valence-corrected chi connectivity index (χ3v) is 3.07. The topological polar surface area (TPSA) is 27.7 Å². The first-order valence-electron chi connectivity index (χ1n) is 5.35. The van der Waals surface area contributed by atoms with Crippen LogP contribution in [0.25, 0.3) is 0 Å². The van der Waals surface area contributed by atoms with E-state index in [1.807, 2.05) is 0 Å². The number of hydrogen-bond acceptors (Lipinski definition) is 3. The van der Waals surface area contributed by atoms with Gasteiger partial charge in [0.2, 0.25) is 0 Å². The molecule has 0 unspecified atom stereocenters. The van der Waals surface area contributed by atoms with E-state index in [1.165, 1.54) is 18.2 Å². The predicted molar refractivity (Wildman–Crippen MR) is 71.7 cm³/mol. The Bertz CT molecular complexity index is 299. The smallest absolute Gasteiger partial charge is 0.305 e. The van der Waals surface area contributed by atoms with Crippen molar-refractivity contribution >= 4 is 26.3 Å². The molecule has 0 radical (unpaired) electrons. The number of halogens is 6. The standard InChI is InChI=1S/C9H13F6O3P3/c1-2-3-4-5-9(6-16-19(10)11,7-17-20(12)13)8-18-21(14)15/h2-5H,6-8H2,1H3/b3-2+,5-4+. The van der Waals surface area contributed by atoms with Gasteiger partial charge in [-0.25, -0.2) is 0 Å². The van der Waals surface area contributed by atoms with Gasteiger partial charge in [0.15, 0.2) is 0 Å². The lowest BCUT2D eigenvalue weighted by Crippen LogP contribution is -2.33. The van der Waals surface area contributed by atoms with Crippen molar-refractivity contribution in [2.45, 2.75) is 6.92 Å². The van der Waals surface area contributed by atoms with Gasteiger partial charge in [-0.3, -0.25) is 0 Å². The average molecular weight is 376 g/mol. The summed E-state index contributed by atoms with van der Waals surface area (Å²) in [4.78, 5) is 0. The number of hydrogen-bond donors (Lipinski definition) is 0. The molecule has 0 amide bonds. The zero-order valence-corrected chi connectivity index (χ0v) is 13.4. The second kappa shape index (κ2) is 11.8. The summed E-state index contributed by atoms with van der Waals surface area (Å²) >= 11 is 0. The summed E-state index contributed by atoms with van der Waals surface area (Å²) in [6, 6.07) is 0. The highest BCUT2D eigenvalue weighted by molar-refractivity contribution is 7.41. The minimum atomic E-state index is -3.76. The number of rotatable bonds is 11. The SMILES string of the molecule is C/C=C/C=C/C(COP(F)F)(COP(F)F)COP(F)F. The first-order chi connectivity index (χ1) is 9.81. The van der Waals surface area contributed by atoms with Gasteiger partial charge in [-0.05, 0) is 6.92 Å². The Hall–Kier alpha value is 0.230. The second-order valence-corrected chi connectivity index (χ2v) is 5.66. The van der Waals surface area contributed by atoms with Crippen LogP contribution in [0.5, 0.6) is 0 Å². The molecule has 0 aliphatic carbocycles. The highest BCUT2D eigenvalue weighted by atomic mass is 31.2. The molecule has 0 aromatic carbocycles. The van der Waals surface area contributed by atoms with Crippen molar-refractivity contribution < 1.29 is 38.8 Å². The molecule has 0 N–H and O–H groups in total. The highest BCUT2D eigenvalue weighted by Gasteiger charge is 2.33. The average Bonchev–Trinajstić information content (AvgIpc) is 2.40. The first kappa shape index (κ1) is 21.2. The Morgan fingerprint density at radius 1 is 0.762 bits per heavy atom. The van der Waals surface area contributed by atoms with Crippen LogP contribution in [0.15, 0.2) is 24.3 Å². The normalized spacial score (nSPS) is 13.6. The van der Waals surface area contributed by atoms with Crippen LogP contribution < -0.4 is 0 Å². The fourth-order valence-electron chi connectivity index (χ4n) is 1.17. The van der Waals surface area contributed by atoms with Gasteiger partial charge >= 0.3 is 26.3 Å². The molecular formula is C9H13F6O3P3. The largest absolute Gasteiger partial charge is 0.415 e. The molecule has 0 heterocycles. The number of allylic oxidation sites excluding steroid dienone is 3. The van der Waals surface area contributed by atoms with Crippen molar-refractivity contribution in [3.05, 3.63) is 24.3 Å². The molecule has 0 aliphatic rings. The van der Waals surface area contributed by atoms with Crippen LogP contribution in [0.3, 0.4) is 0 Å². The maximum absolute atomic E-state index is 12.2. The molecule has 0 fully saturated rings. The summed E-state index contributed by atoms with van der Waals surface area (Å²) in [5.41, 5.74) is -1.64. The van der Waals surface area contributed by atoms with Crippen molar-refractivity contribution in [1.29, 1.82) is 0 Å². The molecule has 124 valence electrons. The van der Waals surface area contributed by atoms with E-state index in [2.05, 4.69) is 13.6 Å². The Morgan fingerprint density at radius 2 is 1.14 bits per heavy atom. The molecule has 3 nitrogen and oxygen atoms in total. The zero-order valence-electron chi connectivity index (χ0n) is 10.8. The van der Waals surface area contributed by atoms with Crippen LogP contribution in [0, 0.1) is 5.41 Å². The van der Waals surface area contributed by atoms with E-state index >= 15 is 0 Å². The molecule has 0 aliphatic heterocycles. The van der Waals surface area contributed by atoms with Crippen LogP contribution in [-0.2, 0) is 13.6 Å². The maximum atomic E-state index is 12.2. The first-order valence-corrected chi connectivity index (χ1v) is 8.48. The van der Waals surface area contributed by atoms with Gasteiger partial charge in [0, 0.05) is 0 Å². The van der Waals surface area contributed by atoms with E-state index in [0.29, 0.717) is 0 Å². The summed E-state index contributed by atoms with van der Waals surface area (Å²) in [6.07, 6.45) is 5.58.